The first-order valence-corrected chi connectivity index (χ1v) is 9.82. The highest BCUT2D eigenvalue weighted by Crippen LogP contribution is 2.17. The summed E-state index contributed by atoms with van der Waals surface area (Å²) in [6.45, 7) is 2.97. The first-order valence-electron chi connectivity index (χ1n) is 7.89. The second-order valence-corrected chi connectivity index (χ2v) is 8.38. The van der Waals surface area contributed by atoms with Gasteiger partial charge in [-0.2, -0.15) is 0 Å². The van der Waals surface area contributed by atoms with E-state index in [1.54, 1.807) is 21.3 Å². The summed E-state index contributed by atoms with van der Waals surface area (Å²) in [6.07, 6.45) is 4.52. The Morgan fingerprint density at radius 1 is 0.909 bits per heavy atom. The van der Waals surface area contributed by atoms with Gasteiger partial charge in [0.05, 0.1) is 0 Å². The molecule has 0 amide bonds. The van der Waals surface area contributed by atoms with Crippen molar-refractivity contribution in [1.29, 1.82) is 0 Å². The van der Waals surface area contributed by atoms with Gasteiger partial charge < -0.3 is 13.3 Å². The molecule has 1 aromatic rings. The number of hydrogen-bond acceptors (Lipinski definition) is 4. The van der Waals surface area contributed by atoms with Crippen LogP contribution in [-0.4, -0.2) is 42.4 Å². The van der Waals surface area contributed by atoms with Crippen LogP contribution in [0.3, 0.4) is 0 Å². The molecule has 22 heavy (non-hydrogen) atoms. The number of unbranched alkanes of at least 4 members (excludes halogenated alkanes) is 3. The van der Waals surface area contributed by atoms with Gasteiger partial charge in [-0.15, -0.1) is 0 Å². The van der Waals surface area contributed by atoms with Gasteiger partial charge in [-0.05, 0) is 25.3 Å². The maximum absolute atomic E-state index is 5.42. The number of aliphatic imine (C=N–C) groups is 1. The van der Waals surface area contributed by atoms with Crippen molar-refractivity contribution >= 4 is 14.5 Å². The zero-order chi connectivity index (χ0) is 16.3. The molecular formula is C17H29NO3Si. The van der Waals surface area contributed by atoms with Gasteiger partial charge in [0.2, 0.25) is 0 Å². The van der Waals surface area contributed by atoms with Crippen LogP contribution in [0, 0.1) is 0 Å². The Morgan fingerprint density at radius 2 is 1.50 bits per heavy atom. The van der Waals surface area contributed by atoms with Crippen molar-refractivity contribution in [2.24, 2.45) is 4.99 Å². The number of benzene rings is 1. The zero-order valence-corrected chi connectivity index (χ0v) is 15.3. The Morgan fingerprint density at radius 3 is 2.09 bits per heavy atom. The van der Waals surface area contributed by atoms with Crippen molar-refractivity contribution < 1.29 is 13.3 Å². The maximum atomic E-state index is 5.42. The summed E-state index contributed by atoms with van der Waals surface area (Å²) in [4.78, 5) is 4.64. The molecule has 5 heteroatoms. The molecule has 0 bridgehead atoms. The smallest absolute Gasteiger partial charge is 0.377 e. The van der Waals surface area contributed by atoms with E-state index in [-0.39, 0.29) is 0 Å². The van der Waals surface area contributed by atoms with Crippen molar-refractivity contribution in [2.75, 3.05) is 27.9 Å². The molecule has 0 saturated carbocycles. The van der Waals surface area contributed by atoms with E-state index in [4.69, 9.17) is 13.3 Å². The van der Waals surface area contributed by atoms with Gasteiger partial charge in [-0.1, -0.05) is 43.2 Å². The number of rotatable bonds is 11. The van der Waals surface area contributed by atoms with Crippen LogP contribution in [0.5, 0.6) is 0 Å². The second kappa shape index (κ2) is 10.7. The van der Waals surface area contributed by atoms with E-state index in [1.165, 1.54) is 12.0 Å². The van der Waals surface area contributed by atoms with Crippen molar-refractivity contribution in [3.63, 3.8) is 0 Å². The largest absolute Gasteiger partial charge is 0.500 e. The number of nitrogens with zero attached hydrogens (tertiary/aromatic N) is 1. The van der Waals surface area contributed by atoms with E-state index in [2.05, 4.69) is 24.0 Å². The molecule has 1 rings (SSSR count). The summed E-state index contributed by atoms with van der Waals surface area (Å²) in [6, 6.07) is 11.2. The van der Waals surface area contributed by atoms with E-state index in [9.17, 15) is 0 Å². The van der Waals surface area contributed by atoms with Crippen molar-refractivity contribution in [3.8, 4) is 0 Å². The highest BCUT2D eigenvalue weighted by molar-refractivity contribution is 6.60. The lowest BCUT2D eigenvalue weighted by atomic mass is 10.1. The van der Waals surface area contributed by atoms with Crippen LogP contribution in [0.1, 0.15) is 38.2 Å². The van der Waals surface area contributed by atoms with Gasteiger partial charge in [0, 0.05) is 39.6 Å². The summed E-state index contributed by atoms with van der Waals surface area (Å²) in [5.74, 6) is 0. The molecule has 0 fully saturated rings. The molecule has 0 unspecified atom stereocenters. The Labute approximate surface area is 135 Å². The molecule has 0 aliphatic carbocycles. The molecule has 0 atom stereocenters. The average Bonchev–Trinajstić information content (AvgIpc) is 2.58. The fourth-order valence-corrected chi connectivity index (χ4v) is 4.18. The van der Waals surface area contributed by atoms with Gasteiger partial charge >= 0.3 is 8.80 Å². The van der Waals surface area contributed by atoms with Gasteiger partial charge in [-0.25, -0.2) is 0 Å². The standard InChI is InChI=1S/C17H29NO3Si/c1-16(17-12-8-7-9-13-17)18-14-10-5-6-11-15-22(19-2,20-3)21-4/h7-9,12-13H,5-6,10-11,14-15H2,1-4H3. The minimum atomic E-state index is -2.38. The molecule has 0 radical (unpaired) electrons. The van der Waals surface area contributed by atoms with Gasteiger partial charge in [0.1, 0.15) is 0 Å². The monoisotopic (exact) mass is 323 g/mol. The Balaban J connectivity index is 2.18. The van der Waals surface area contributed by atoms with Crippen molar-refractivity contribution in [2.45, 2.75) is 38.7 Å². The van der Waals surface area contributed by atoms with Crippen LogP contribution < -0.4 is 0 Å². The first-order chi connectivity index (χ1) is 10.7. The van der Waals surface area contributed by atoms with E-state index in [1.807, 2.05) is 18.2 Å². The molecule has 124 valence electrons. The molecule has 0 heterocycles. The summed E-state index contributed by atoms with van der Waals surface area (Å²) in [5, 5.41) is 0. The van der Waals surface area contributed by atoms with Gasteiger partial charge in [0.15, 0.2) is 0 Å². The summed E-state index contributed by atoms with van der Waals surface area (Å²) in [5.41, 5.74) is 2.32. The fraction of sp³-hybridized carbons (Fsp3) is 0.588. The van der Waals surface area contributed by atoms with E-state index in [0.29, 0.717) is 0 Å². The van der Waals surface area contributed by atoms with Crippen LogP contribution in [0.4, 0.5) is 0 Å². The molecule has 0 saturated heterocycles. The lowest BCUT2D eigenvalue weighted by molar-refractivity contribution is 0.122. The number of hydrogen-bond donors (Lipinski definition) is 0. The average molecular weight is 324 g/mol. The van der Waals surface area contributed by atoms with Crippen LogP contribution in [-0.2, 0) is 13.3 Å². The minimum absolute atomic E-state index is 0.878. The molecule has 1 aromatic carbocycles. The minimum Gasteiger partial charge on any atom is -0.377 e. The molecule has 0 N–H and O–H groups in total. The maximum Gasteiger partial charge on any atom is 0.500 e. The van der Waals surface area contributed by atoms with Crippen LogP contribution in [0.2, 0.25) is 6.04 Å². The van der Waals surface area contributed by atoms with E-state index in [0.717, 1.165) is 37.6 Å². The first kappa shape index (κ1) is 19.0. The van der Waals surface area contributed by atoms with Crippen molar-refractivity contribution in [1.82, 2.24) is 0 Å². The SMILES string of the molecule is CO[Si](CCCCCCN=C(C)c1ccccc1)(OC)OC. The highest BCUT2D eigenvalue weighted by Gasteiger charge is 2.36. The van der Waals surface area contributed by atoms with Gasteiger partial charge in [-0.3, -0.25) is 4.99 Å². The van der Waals surface area contributed by atoms with Gasteiger partial charge in [0.25, 0.3) is 0 Å². The summed E-state index contributed by atoms with van der Waals surface area (Å²) < 4.78 is 16.3. The third-order valence-electron chi connectivity index (χ3n) is 3.86. The highest BCUT2D eigenvalue weighted by atomic mass is 28.4. The van der Waals surface area contributed by atoms with Crippen molar-refractivity contribution in [3.05, 3.63) is 35.9 Å². The fourth-order valence-electron chi connectivity index (χ4n) is 2.38. The molecular weight excluding hydrogens is 294 g/mol. The predicted molar refractivity (Wildman–Crippen MR) is 93.6 cm³/mol. The molecule has 0 aliphatic heterocycles. The Kier molecular flexibility index (Phi) is 9.23. The Bertz CT molecular complexity index is 425. The summed E-state index contributed by atoms with van der Waals surface area (Å²) >= 11 is 0. The predicted octanol–water partition coefficient (Wildman–Crippen LogP) is 3.93. The lowest BCUT2D eigenvalue weighted by Gasteiger charge is -2.24. The second-order valence-electron chi connectivity index (χ2n) is 5.29. The summed E-state index contributed by atoms with van der Waals surface area (Å²) in [7, 11) is 2.63. The van der Waals surface area contributed by atoms with E-state index < -0.39 is 8.80 Å². The zero-order valence-electron chi connectivity index (χ0n) is 14.3. The molecule has 0 aromatic heterocycles. The Hall–Kier alpha value is -1.01. The quantitative estimate of drug-likeness (QED) is 0.352. The topological polar surface area (TPSA) is 40.0 Å². The third kappa shape index (κ3) is 6.40. The third-order valence-corrected chi connectivity index (χ3v) is 6.70. The van der Waals surface area contributed by atoms with Crippen LogP contribution >= 0.6 is 0 Å². The normalized spacial score (nSPS) is 12.6. The van der Waals surface area contributed by atoms with Crippen LogP contribution in [0.25, 0.3) is 0 Å². The molecule has 0 aliphatic rings. The lowest BCUT2D eigenvalue weighted by Crippen LogP contribution is -2.42. The van der Waals surface area contributed by atoms with E-state index >= 15 is 0 Å². The molecule has 0 spiro atoms. The molecule has 4 nitrogen and oxygen atoms in total. The van der Waals surface area contributed by atoms with Crippen LogP contribution in [0.15, 0.2) is 35.3 Å².